The van der Waals surface area contributed by atoms with E-state index in [0.29, 0.717) is 23.3 Å². The molecule has 1 fully saturated rings. The standard InChI is InChI=1S/C14H18N4O2/c15-11-6-2-3-7-12(11)19-10-13-16-14(17-20-13)18-8-4-1-5-9-18/h2-3,6-7H,1,4-5,8-10,15H2. The van der Waals surface area contributed by atoms with Crippen LogP contribution >= 0.6 is 0 Å². The van der Waals surface area contributed by atoms with Gasteiger partial charge in [-0.25, -0.2) is 0 Å². The minimum Gasteiger partial charge on any atom is -0.482 e. The van der Waals surface area contributed by atoms with Crippen molar-refractivity contribution in [1.82, 2.24) is 10.1 Å². The number of nitrogen functional groups attached to an aromatic ring is 1. The van der Waals surface area contributed by atoms with Crippen LogP contribution in [-0.2, 0) is 6.61 Å². The molecular weight excluding hydrogens is 256 g/mol. The number of ether oxygens (including phenoxy) is 1. The summed E-state index contributed by atoms with van der Waals surface area (Å²) in [6.45, 7) is 2.21. The van der Waals surface area contributed by atoms with Crippen LogP contribution in [0.5, 0.6) is 5.75 Å². The van der Waals surface area contributed by atoms with Crippen LogP contribution in [0.2, 0.25) is 0 Å². The van der Waals surface area contributed by atoms with Crippen molar-refractivity contribution in [2.24, 2.45) is 0 Å². The summed E-state index contributed by atoms with van der Waals surface area (Å²) in [7, 11) is 0. The Bertz CT molecular complexity index is 564. The molecule has 6 heteroatoms. The molecule has 3 rings (SSSR count). The quantitative estimate of drug-likeness (QED) is 0.861. The largest absolute Gasteiger partial charge is 0.482 e. The Balaban J connectivity index is 1.61. The molecule has 0 amide bonds. The summed E-state index contributed by atoms with van der Waals surface area (Å²) >= 11 is 0. The third-order valence-corrected chi connectivity index (χ3v) is 3.37. The van der Waals surface area contributed by atoms with Crippen LogP contribution in [0.1, 0.15) is 25.2 Å². The molecule has 0 aliphatic carbocycles. The highest BCUT2D eigenvalue weighted by Gasteiger charge is 2.17. The van der Waals surface area contributed by atoms with E-state index in [1.54, 1.807) is 6.07 Å². The summed E-state index contributed by atoms with van der Waals surface area (Å²) in [5.41, 5.74) is 6.41. The number of hydrogen-bond donors (Lipinski definition) is 1. The van der Waals surface area contributed by atoms with Crippen molar-refractivity contribution in [2.75, 3.05) is 23.7 Å². The van der Waals surface area contributed by atoms with Gasteiger partial charge in [0.2, 0.25) is 0 Å². The summed E-state index contributed by atoms with van der Waals surface area (Å²) in [5, 5.41) is 4.00. The number of hydrogen-bond acceptors (Lipinski definition) is 6. The molecule has 0 unspecified atom stereocenters. The average molecular weight is 274 g/mol. The maximum absolute atomic E-state index is 5.81. The van der Waals surface area contributed by atoms with E-state index in [-0.39, 0.29) is 6.61 Å². The van der Waals surface area contributed by atoms with Gasteiger partial charge in [-0.2, -0.15) is 4.98 Å². The summed E-state index contributed by atoms with van der Waals surface area (Å²) in [6, 6.07) is 7.35. The van der Waals surface area contributed by atoms with Crippen molar-refractivity contribution >= 4 is 11.6 Å². The zero-order valence-electron chi connectivity index (χ0n) is 11.3. The Hall–Kier alpha value is -2.24. The first kappa shape index (κ1) is 12.8. The number of nitrogens with two attached hydrogens (primary N) is 1. The molecule has 0 spiro atoms. The predicted octanol–water partition coefficient (Wildman–Crippen LogP) is 2.22. The van der Waals surface area contributed by atoms with Gasteiger partial charge in [-0.15, -0.1) is 0 Å². The molecule has 0 saturated carbocycles. The lowest BCUT2D eigenvalue weighted by molar-refractivity contribution is 0.244. The van der Waals surface area contributed by atoms with E-state index in [4.69, 9.17) is 15.0 Å². The van der Waals surface area contributed by atoms with Gasteiger partial charge >= 0.3 is 0 Å². The van der Waals surface area contributed by atoms with Crippen LogP contribution in [0, 0.1) is 0 Å². The Morgan fingerprint density at radius 2 is 2.00 bits per heavy atom. The van der Waals surface area contributed by atoms with Crippen LogP contribution in [0.4, 0.5) is 11.6 Å². The van der Waals surface area contributed by atoms with E-state index in [1.165, 1.54) is 19.3 Å². The van der Waals surface area contributed by atoms with Crippen molar-refractivity contribution in [3.05, 3.63) is 30.2 Å². The van der Waals surface area contributed by atoms with Gasteiger partial charge in [0.15, 0.2) is 6.61 Å². The molecule has 1 aromatic carbocycles. The lowest BCUT2D eigenvalue weighted by Gasteiger charge is -2.24. The Morgan fingerprint density at radius 3 is 2.80 bits per heavy atom. The fourth-order valence-electron chi connectivity index (χ4n) is 2.28. The van der Waals surface area contributed by atoms with Gasteiger partial charge in [-0.3, -0.25) is 0 Å². The topological polar surface area (TPSA) is 77.4 Å². The van der Waals surface area contributed by atoms with Gasteiger partial charge in [0, 0.05) is 13.1 Å². The van der Waals surface area contributed by atoms with Gasteiger partial charge in [0.1, 0.15) is 5.75 Å². The predicted molar refractivity (Wildman–Crippen MR) is 75.5 cm³/mol. The van der Waals surface area contributed by atoms with Gasteiger partial charge < -0.3 is 19.9 Å². The van der Waals surface area contributed by atoms with Crippen molar-refractivity contribution in [1.29, 1.82) is 0 Å². The molecule has 1 aliphatic rings. The number of aromatic nitrogens is 2. The molecule has 6 nitrogen and oxygen atoms in total. The maximum Gasteiger partial charge on any atom is 0.266 e. The highest BCUT2D eigenvalue weighted by atomic mass is 16.5. The second-order valence-corrected chi connectivity index (χ2v) is 4.86. The van der Waals surface area contributed by atoms with Gasteiger partial charge in [-0.05, 0) is 36.6 Å². The normalized spacial score (nSPS) is 15.3. The van der Waals surface area contributed by atoms with Crippen molar-refractivity contribution < 1.29 is 9.26 Å². The first-order valence-electron chi connectivity index (χ1n) is 6.88. The molecule has 0 atom stereocenters. The van der Waals surface area contributed by atoms with Gasteiger partial charge in [0.05, 0.1) is 5.69 Å². The fraction of sp³-hybridized carbons (Fsp3) is 0.429. The number of nitrogens with zero attached hydrogens (tertiary/aromatic N) is 3. The molecule has 1 aliphatic heterocycles. The highest BCUT2D eigenvalue weighted by molar-refractivity contribution is 5.51. The summed E-state index contributed by atoms with van der Waals surface area (Å²) in [4.78, 5) is 6.51. The number of rotatable bonds is 4. The van der Waals surface area contributed by atoms with E-state index in [0.717, 1.165) is 13.1 Å². The minimum absolute atomic E-state index is 0.231. The molecule has 1 aromatic heterocycles. The average Bonchev–Trinajstić information content (AvgIpc) is 2.96. The fourth-order valence-corrected chi connectivity index (χ4v) is 2.28. The lowest BCUT2D eigenvalue weighted by atomic mass is 10.1. The Morgan fingerprint density at radius 1 is 1.20 bits per heavy atom. The van der Waals surface area contributed by atoms with Crippen LogP contribution < -0.4 is 15.4 Å². The molecule has 0 radical (unpaired) electrons. The van der Waals surface area contributed by atoms with E-state index in [9.17, 15) is 0 Å². The second-order valence-electron chi connectivity index (χ2n) is 4.86. The molecule has 2 N–H and O–H groups in total. The van der Waals surface area contributed by atoms with Crippen LogP contribution in [0.15, 0.2) is 28.8 Å². The molecule has 2 aromatic rings. The smallest absolute Gasteiger partial charge is 0.266 e. The van der Waals surface area contributed by atoms with E-state index < -0.39 is 0 Å². The molecule has 20 heavy (non-hydrogen) atoms. The van der Waals surface area contributed by atoms with Gasteiger partial charge in [-0.1, -0.05) is 12.1 Å². The van der Waals surface area contributed by atoms with E-state index >= 15 is 0 Å². The first-order valence-corrected chi connectivity index (χ1v) is 6.88. The molecule has 106 valence electrons. The van der Waals surface area contributed by atoms with Crippen LogP contribution in [0.3, 0.4) is 0 Å². The second kappa shape index (κ2) is 5.81. The number of benzene rings is 1. The number of para-hydroxylation sites is 2. The highest BCUT2D eigenvalue weighted by Crippen LogP contribution is 2.21. The van der Waals surface area contributed by atoms with Crippen molar-refractivity contribution in [3.63, 3.8) is 0 Å². The zero-order valence-corrected chi connectivity index (χ0v) is 11.3. The van der Waals surface area contributed by atoms with Gasteiger partial charge in [0.25, 0.3) is 11.8 Å². The molecule has 0 bridgehead atoms. The zero-order chi connectivity index (χ0) is 13.8. The summed E-state index contributed by atoms with van der Waals surface area (Å²) in [5.74, 6) is 1.75. The lowest BCUT2D eigenvalue weighted by Crippen LogP contribution is -2.30. The summed E-state index contributed by atoms with van der Waals surface area (Å²) < 4.78 is 10.8. The van der Waals surface area contributed by atoms with Crippen LogP contribution in [-0.4, -0.2) is 23.2 Å². The SMILES string of the molecule is Nc1ccccc1OCc1nc(N2CCCCC2)no1. The molecule has 1 saturated heterocycles. The monoisotopic (exact) mass is 274 g/mol. The molecular formula is C14H18N4O2. The maximum atomic E-state index is 5.81. The summed E-state index contributed by atoms with van der Waals surface area (Å²) in [6.07, 6.45) is 3.64. The number of piperidine rings is 1. The molecule has 2 heterocycles. The Labute approximate surface area is 117 Å². The van der Waals surface area contributed by atoms with Crippen molar-refractivity contribution in [3.8, 4) is 5.75 Å². The number of anilines is 2. The third kappa shape index (κ3) is 2.84. The van der Waals surface area contributed by atoms with Crippen molar-refractivity contribution in [2.45, 2.75) is 25.9 Å². The minimum atomic E-state index is 0.231. The van der Waals surface area contributed by atoms with Crippen LogP contribution in [0.25, 0.3) is 0 Å². The third-order valence-electron chi connectivity index (χ3n) is 3.37. The van der Waals surface area contributed by atoms with E-state index in [1.807, 2.05) is 18.2 Å². The van der Waals surface area contributed by atoms with E-state index in [2.05, 4.69) is 15.0 Å². The first-order chi connectivity index (χ1) is 9.83. The Kier molecular flexibility index (Phi) is 3.71.